The Hall–Kier alpha value is -2.40. The molecule has 0 saturated carbocycles. The summed E-state index contributed by atoms with van der Waals surface area (Å²) in [6, 6.07) is 11.2. The van der Waals surface area contributed by atoms with Crippen LogP contribution in [0.1, 0.15) is 22.8 Å². The average molecular weight is 288 g/mol. The van der Waals surface area contributed by atoms with Gasteiger partial charge in [0.15, 0.2) is 0 Å². The number of carbonyl (C=O) groups is 1. The van der Waals surface area contributed by atoms with E-state index in [1.54, 1.807) is 30.3 Å². The Morgan fingerprint density at radius 2 is 1.95 bits per heavy atom. The number of nitrogens with one attached hydrogen (secondary N) is 1. The van der Waals surface area contributed by atoms with Crippen molar-refractivity contribution in [2.24, 2.45) is 5.73 Å². The number of nitrogens with two attached hydrogens (primary N) is 1. The summed E-state index contributed by atoms with van der Waals surface area (Å²) in [6.07, 6.45) is 0. The van der Waals surface area contributed by atoms with Crippen LogP contribution in [0.3, 0.4) is 0 Å². The summed E-state index contributed by atoms with van der Waals surface area (Å²) >= 11 is 0. The molecule has 0 aliphatic carbocycles. The molecule has 0 aliphatic rings. The van der Waals surface area contributed by atoms with Crippen molar-refractivity contribution in [3.8, 4) is 5.75 Å². The lowest BCUT2D eigenvalue weighted by Gasteiger charge is -2.08. The van der Waals surface area contributed by atoms with Gasteiger partial charge < -0.3 is 15.8 Å². The van der Waals surface area contributed by atoms with Gasteiger partial charge in [-0.3, -0.25) is 4.79 Å². The standard InChI is InChI=1S/C16H17FN2O2/c1-2-21-13-6-4-12(5-7-13)16(20)19-15-8-3-11(10-18)9-14(15)17/h3-9H,2,10,18H2,1H3,(H,19,20). The van der Waals surface area contributed by atoms with E-state index in [0.29, 0.717) is 23.5 Å². The number of halogens is 1. The molecule has 0 atom stereocenters. The Balaban J connectivity index is 2.10. The van der Waals surface area contributed by atoms with E-state index < -0.39 is 5.82 Å². The Labute approximate surface area is 122 Å². The SMILES string of the molecule is CCOc1ccc(C(=O)Nc2ccc(CN)cc2F)cc1. The van der Waals surface area contributed by atoms with Crippen molar-refractivity contribution >= 4 is 11.6 Å². The van der Waals surface area contributed by atoms with Gasteiger partial charge in [0.05, 0.1) is 12.3 Å². The van der Waals surface area contributed by atoms with Crippen LogP contribution in [-0.2, 0) is 6.54 Å². The smallest absolute Gasteiger partial charge is 0.255 e. The van der Waals surface area contributed by atoms with E-state index in [1.807, 2.05) is 6.92 Å². The van der Waals surface area contributed by atoms with Gasteiger partial charge in [-0.15, -0.1) is 0 Å². The first-order chi connectivity index (χ1) is 10.1. The summed E-state index contributed by atoms with van der Waals surface area (Å²) in [5.41, 5.74) is 6.67. The number of rotatable bonds is 5. The van der Waals surface area contributed by atoms with Crippen molar-refractivity contribution < 1.29 is 13.9 Å². The van der Waals surface area contributed by atoms with E-state index in [4.69, 9.17) is 10.5 Å². The molecule has 0 fully saturated rings. The van der Waals surface area contributed by atoms with Crippen molar-refractivity contribution in [2.45, 2.75) is 13.5 Å². The minimum atomic E-state index is -0.503. The molecule has 0 radical (unpaired) electrons. The first kappa shape index (κ1) is 15.0. The minimum Gasteiger partial charge on any atom is -0.494 e. The van der Waals surface area contributed by atoms with Crippen molar-refractivity contribution in [1.29, 1.82) is 0 Å². The van der Waals surface area contributed by atoms with Crippen LogP contribution < -0.4 is 15.8 Å². The predicted molar refractivity (Wildman–Crippen MR) is 79.9 cm³/mol. The van der Waals surface area contributed by atoms with Crippen LogP contribution in [0.2, 0.25) is 0 Å². The maximum Gasteiger partial charge on any atom is 0.255 e. The van der Waals surface area contributed by atoms with Gasteiger partial charge in [-0.2, -0.15) is 0 Å². The quantitative estimate of drug-likeness (QED) is 0.889. The number of carbonyl (C=O) groups excluding carboxylic acids is 1. The fourth-order valence-electron chi connectivity index (χ4n) is 1.85. The molecular formula is C16H17FN2O2. The van der Waals surface area contributed by atoms with E-state index in [2.05, 4.69) is 5.32 Å². The molecule has 110 valence electrons. The van der Waals surface area contributed by atoms with Gasteiger partial charge in [0, 0.05) is 12.1 Å². The molecule has 3 N–H and O–H groups in total. The van der Waals surface area contributed by atoms with Crippen LogP contribution in [0.25, 0.3) is 0 Å². The van der Waals surface area contributed by atoms with Gasteiger partial charge in [0.25, 0.3) is 5.91 Å². The van der Waals surface area contributed by atoms with Crippen LogP contribution in [0.15, 0.2) is 42.5 Å². The predicted octanol–water partition coefficient (Wildman–Crippen LogP) is 2.94. The normalized spacial score (nSPS) is 10.2. The molecule has 2 aromatic carbocycles. The molecule has 21 heavy (non-hydrogen) atoms. The summed E-state index contributed by atoms with van der Waals surface area (Å²) in [6.45, 7) is 2.70. The maximum atomic E-state index is 13.8. The zero-order valence-electron chi connectivity index (χ0n) is 11.7. The molecule has 0 spiro atoms. The zero-order valence-corrected chi connectivity index (χ0v) is 11.7. The molecule has 0 saturated heterocycles. The van der Waals surface area contributed by atoms with Crippen LogP contribution in [-0.4, -0.2) is 12.5 Å². The summed E-state index contributed by atoms with van der Waals surface area (Å²) in [7, 11) is 0. The van der Waals surface area contributed by atoms with Crippen molar-refractivity contribution in [3.05, 3.63) is 59.4 Å². The highest BCUT2D eigenvalue weighted by molar-refractivity contribution is 6.04. The number of hydrogen-bond acceptors (Lipinski definition) is 3. The summed E-state index contributed by atoms with van der Waals surface area (Å²) in [5, 5.41) is 2.53. The molecule has 0 unspecified atom stereocenters. The van der Waals surface area contributed by atoms with Crippen LogP contribution in [0.4, 0.5) is 10.1 Å². The van der Waals surface area contributed by atoms with E-state index in [1.165, 1.54) is 12.1 Å². The Morgan fingerprint density at radius 1 is 1.24 bits per heavy atom. The molecule has 0 heterocycles. The third kappa shape index (κ3) is 3.79. The first-order valence-corrected chi connectivity index (χ1v) is 6.66. The lowest BCUT2D eigenvalue weighted by Crippen LogP contribution is -2.13. The summed E-state index contributed by atoms with van der Waals surface area (Å²) < 4.78 is 19.1. The number of benzene rings is 2. The van der Waals surface area contributed by atoms with Crippen molar-refractivity contribution in [2.75, 3.05) is 11.9 Å². The van der Waals surface area contributed by atoms with Gasteiger partial charge in [-0.1, -0.05) is 6.07 Å². The fourth-order valence-corrected chi connectivity index (χ4v) is 1.85. The molecular weight excluding hydrogens is 271 g/mol. The van der Waals surface area contributed by atoms with Crippen molar-refractivity contribution in [3.63, 3.8) is 0 Å². The fraction of sp³-hybridized carbons (Fsp3) is 0.188. The maximum absolute atomic E-state index is 13.8. The van der Waals surface area contributed by atoms with E-state index in [9.17, 15) is 9.18 Å². The third-order valence-corrected chi connectivity index (χ3v) is 2.94. The number of ether oxygens (including phenoxy) is 1. The zero-order chi connectivity index (χ0) is 15.2. The minimum absolute atomic E-state index is 0.131. The van der Waals surface area contributed by atoms with E-state index in [-0.39, 0.29) is 18.1 Å². The highest BCUT2D eigenvalue weighted by Gasteiger charge is 2.10. The molecule has 2 aromatic rings. The molecule has 0 aromatic heterocycles. The average Bonchev–Trinajstić information content (AvgIpc) is 2.50. The van der Waals surface area contributed by atoms with Crippen LogP contribution in [0, 0.1) is 5.82 Å². The molecule has 0 bridgehead atoms. The van der Waals surface area contributed by atoms with Crippen LogP contribution in [0.5, 0.6) is 5.75 Å². The van der Waals surface area contributed by atoms with Crippen molar-refractivity contribution in [1.82, 2.24) is 0 Å². The molecule has 2 rings (SSSR count). The third-order valence-electron chi connectivity index (χ3n) is 2.94. The van der Waals surface area contributed by atoms with Gasteiger partial charge in [0.2, 0.25) is 0 Å². The highest BCUT2D eigenvalue weighted by Crippen LogP contribution is 2.18. The Bertz CT molecular complexity index is 627. The summed E-state index contributed by atoms with van der Waals surface area (Å²) in [5.74, 6) is -0.192. The lowest BCUT2D eigenvalue weighted by atomic mass is 10.1. The van der Waals surface area contributed by atoms with E-state index in [0.717, 1.165) is 0 Å². The monoisotopic (exact) mass is 288 g/mol. The number of anilines is 1. The molecule has 5 heteroatoms. The van der Waals surface area contributed by atoms with Gasteiger partial charge >= 0.3 is 0 Å². The first-order valence-electron chi connectivity index (χ1n) is 6.66. The second kappa shape index (κ2) is 6.85. The number of hydrogen-bond donors (Lipinski definition) is 2. The highest BCUT2D eigenvalue weighted by atomic mass is 19.1. The van der Waals surface area contributed by atoms with Gasteiger partial charge in [0.1, 0.15) is 11.6 Å². The van der Waals surface area contributed by atoms with Gasteiger partial charge in [-0.25, -0.2) is 4.39 Å². The lowest BCUT2D eigenvalue weighted by molar-refractivity contribution is 0.102. The Kier molecular flexibility index (Phi) is 4.90. The second-order valence-corrected chi connectivity index (χ2v) is 4.43. The summed E-state index contributed by atoms with van der Waals surface area (Å²) in [4.78, 5) is 12.0. The molecule has 1 amide bonds. The molecule has 4 nitrogen and oxygen atoms in total. The molecule has 0 aliphatic heterocycles. The Morgan fingerprint density at radius 3 is 2.52 bits per heavy atom. The van der Waals surface area contributed by atoms with E-state index >= 15 is 0 Å². The largest absolute Gasteiger partial charge is 0.494 e. The van der Waals surface area contributed by atoms with Gasteiger partial charge in [-0.05, 0) is 48.9 Å². The topological polar surface area (TPSA) is 64.3 Å². The second-order valence-electron chi connectivity index (χ2n) is 4.43. The van der Waals surface area contributed by atoms with Crippen LogP contribution >= 0.6 is 0 Å². The number of amides is 1.